The molecule has 0 radical (unpaired) electrons. The molecule has 3 rings (SSSR count). The molecule has 0 aliphatic carbocycles. The Kier molecular flexibility index (Phi) is 7.78. The van der Waals surface area contributed by atoms with Crippen LogP contribution in [0.5, 0.6) is 0 Å². The van der Waals surface area contributed by atoms with E-state index in [0.29, 0.717) is 12.0 Å². The summed E-state index contributed by atoms with van der Waals surface area (Å²) in [5.41, 5.74) is 1.21. The van der Waals surface area contributed by atoms with E-state index in [2.05, 4.69) is 5.32 Å². The molecule has 0 aromatic heterocycles. The van der Waals surface area contributed by atoms with Gasteiger partial charge < -0.3 is 5.32 Å². The lowest BCUT2D eigenvalue weighted by molar-refractivity contribution is -0.137. The zero-order valence-electron chi connectivity index (χ0n) is 18.8. The number of nitrogens with one attached hydrogen (secondary N) is 1. The van der Waals surface area contributed by atoms with Crippen molar-refractivity contribution >= 4 is 21.6 Å². The standard InChI is InChI=1S/C25H25F3N2O3S/c1-18-11-12-19(2)23(15-18)34(32,33)30(14-13-20-7-4-3-5-8-20)17-24(31)29-22-10-6-9-21(16-22)25(26,27)28/h3-12,15-16H,13-14,17H2,1-2H3,(H,29,31). The second-order valence-corrected chi connectivity index (χ2v) is 9.88. The van der Waals surface area contributed by atoms with E-state index in [1.54, 1.807) is 32.0 Å². The van der Waals surface area contributed by atoms with Crippen LogP contribution in [0.2, 0.25) is 0 Å². The number of hydrogen-bond acceptors (Lipinski definition) is 3. The minimum atomic E-state index is -4.56. The van der Waals surface area contributed by atoms with Gasteiger partial charge in [-0.1, -0.05) is 48.5 Å². The van der Waals surface area contributed by atoms with Crippen molar-refractivity contribution in [2.45, 2.75) is 31.3 Å². The number of amides is 1. The summed E-state index contributed by atoms with van der Waals surface area (Å²) in [4.78, 5) is 12.8. The maximum Gasteiger partial charge on any atom is 0.416 e. The molecular weight excluding hydrogens is 465 g/mol. The molecule has 5 nitrogen and oxygen atoms in total. The van der Waals surface area contributed by atoms with Crippen molar-refractivity contribution in [3.05, 3.63) is 95.1 Å². The lowest BCUT2D eigenvalue weighted by Crippen LogP contribution is -2.39. The van der Waals surface area contributed by atoms with Gasteiger partial charge in [0.15, 0.2) is 0 Å². The largest absolute Gasteiger partial charge is 0.416 e. The Morgan fingerprint density at radius 1 is 0.941 bits per heavy atom. The first-order valence-corrected chi connectivity index (χ1v) is 12.0. The highest BCUT2D eigenvalue weighted by molar-refractivity contribution is 7.89. The van der Waals surface area contributed by atoms with Crippen molar-refractivity contribution in [1.29, 1.82) is 0 Å². The number of benzene rings is 3. The lowest BCUT2D eigenvalue weighted by atomic mass is 10.1. The van der Waals surface area contributed by atoms with Crippen LogP contribution in [-0.2, 0) is 27.4 Å². The number of anilines is 1. The molecule has 0 spiro atoms. The predicted octanol–water partition coefficient (Wildman–Crippen LogP) is 5.19. The number of carbonyl (C=O) groups excluding carboxylic acids is 1. The highest BCUT2D eigenvalue weighted by Crippen LogP contribution is 2.30. The van der Waals surface area contributed by atoms with Crippen LogP contribution in [0.4, 0.5) is 18.9 Å². The maximum absolute atomic E-state index is 13.5. The van der Waals surface area contributed by atoms with Crippen LogP contribution in [0, 0.1) is 13.8 Å². The molecule has 0 aliphatic rings. The fourth-order valence-electron chi connectivity index (χ4n) is 3.44. The summed E-state index contributed by atoms with van der Waals surface area (Å²) in [5, 5.41) is 2.39. The van der Waals surface area contributed by atoms with E-state index in [9.17, 15) is 26.4 Å². The quantitative estimate of drug-likeness (QED) is 0.472. The number of nitrogens with zero attached hydrogens (tertiary/aromatic N) is 1. The van der Waals surface area contributed by atoms with Gasteiger partial charge in [0.1, 0.15) is 0 Å². The SMILES string of the molecule is Cc1ccc(C)c(S(=O)(=O)N(CCc2ccccc2)CC(=O)Nc2cccc(C(F)(F)F)c2)c1. The number of alkyl halides is 3. The Balaban J connectivity index is 1.86. The molecule has 0 aliphatic heterocycles. The van der Waals surface area contributed by atoms with E-state index < -0.39 is 34.2 Å². The molecule has 0 saturated carbocycles. The van der Waals surface area contributed by atoms with Gasteiger partial charge in [-0.3, -0.25) is 4.79 Å². The van der Waals surface area contributed by atoms with Gasteiger partial charge in [0.05, 0.1) is 17.0 Å². The van der Waals surface area contributed by atoms with Crippen LogP contribution in [0.25, 0.3) is 0 Å². The molecule has 0 saturated heterocycles. The average molecular weight is 491 g/mol. The van der Waals surface area contributed by atoms with Crippen molar-refractivity contribution in [1.82, 2.24) is 4.31 Å². The number of aryl methyl sites for hydroxylation is 2. The van der Waals surface area contributed by atoms with Crippen molar-refractivity contribution in [3.63, 3.8) is 0 Å². The first-order chi connectivity index (χ1) is 16.0. The molecule has 1 amide bonds. The van der Waals surface area contributed by atoms with E-state index in [0.717, 1.165) is 27.6 Å². The Hall–Kier alpha value is -3.17. The fourth-order valence-corrected chi connectivity index (χ4v) is 5.15. The summed E-state index contributed by atoms with van der Waals surface area (Å²) >= 11 is 0. The first-order valence-electron chi connectivity index (χ1n) is 10.6. The summed E-state index contributed by atoms with van der Waals surface area (Å²) in [6, 6.07) is 18.5. The fraction of sp³-hybridized carbons (Fsp3) is 0.240. The minimum absolute atomic E-state index is 0.0236. The third-order valence-corrected chi connectivity index (χ3v) is 7.23. The third kappa shape index (κ3) is 6.45. The molecule has 0 heterocycles. The van der Waals surface area contributed by atoms with E-state index in [1.165, 1.54) is 12.1 Å². The van der Waals surface area contributed by atoms with E-state index in [1.807, 2.05) is 30.3 Å². The molecule has 0 fully saturated rings. The predicted molar refractivity (Wildman–Crippen MR) is 125 cm³/mol. The van der Waals surface area contributed by atoms with Gasteiger partial charge in [-0.25, -0.2) is 8.42 Å². The van der Waals surface area contributed by atoms with Gasteiger partial charge in [-0.2, -0.15) is 17.5 Å². The Labute approximate surface area is 197 Å². The molecule has 3 aromatic carbocycles. The summed E-state index contributed by atoms with van der Waals surface area (Å²) in [6.45, 7) is 2.92. The highest BCUT2D eigenvalue weighted by atomic mass is 32.2. The first kappa shape index (κ1) is 25.5. The summed E-state index contributed by atoms with van der Waals surface area (Å²) in [7, 11) is -4.05. The summed E-state index contributed by atoms with van der Waals surface area (Å²) in [5.74, 6) is -0.735. The second-order valence-electron chi connectivity index (χ2n) is 7.97. The topological polar surface area (TPSA) is 66.5 Å². The van der Waals surface area contributed by atoms with Crippen LogP contribution < -0.4 is 5.32 Å². The Morgan fingerprint density at radius 3 is 2.32 bits per heavy atom. The summed E-state index contributed by atoms with van der Waals surface area (Å²) in [6.07, 6.45) is -4.20. The number of rotatable bonds is 8. The maximum atomic E-state index is 13.5. The monoisotopic (exact) mass is 490 g/mol. The van der Waals surface area contributed by atoms with Crippen molar-refractivity contribution < 1.29 is 26.4 Å². The molecule has 0 bridgehead atoms. The molecule has 9 heteroatoms. The third-order valence-electron chi connectivity index (χ3n) is 5.25. The van der Waals surface area contributed by atoms with Gasteiger partial charge in [0.25, 0.3) is 0 Å². The van der Waals surface area contributed by atoms with Crippen LogP contribution in [0.1, 0.15) is 22.3 Å². The normalized spacial score (nSPS) is 12.1. The van der Waals surface area contributed by atoms with Gasteiger partial charge in [0, 0.05) is 12.2 Å². The Bertz CT molecular complexity index is 1260. The molecule has 0 atom stereocenters. The van der Waals surface area contributed by atoms with E-state index in [4.69, 9.17) is 0 Å². The van der Waals surface area contributed by atoms with Gasteiger partial charge in [-0.05, 0) is 61.2 Å². The zero-order valence-corrected chi connectivity index (χ0v) is 19.6. The molecular formula is C25H25F3N2O3S. The van der Waals surface area contributed by atoms with Crippen LogP contribution >= 0.6 is 0 Å². The molecule has 1 N–H and O–H groups in total. The second kappa shape index (κ2) is 10.4. The minimum Gasteiger partial charge on any atom is -0.325 e. The average Bonchev–Trinajstić information content (AvgIpc) is 2.78. The molecule has 0 unspecified atom stereocenters. The van der Waals surface area contributed by atoms with Crippen molar-refractivity contribution in [2.24, 2.45) is 0 Å². The molecule has 3 aromatic rings. The van der Waals surface area contributed by atoms with Gasteiger partial charge in [0.2, 0.25) is 15.9 Å². The highest BCUT2D eigenvalue weighted by Gasteiger charge is 2.31. The van der Waals surface area contributed by atoms with E-state index in [-0.39, 0.29) is 17.1 Å². The lowest BCUT2D eigenvalue weighted by Gasteiger charge is -2.23. The van der Waals surface area contributed by atoms with Crippen LogP contribution in [-0.4, -0.2) is 31.7 Å². The molecule has 34 heavy (non-hydrogen) atoms. The smallest absolute Gasteiger partial charge is 0.325 e. The van der Waals surface area contributed by atoms with Crippen LogP contribution in [0.3, 0.4) is 0 Å². The molecule has 180 valence electrons. The number of sulfonamides is 1. The Morgan fingerprint density at radius 2 is 1.65 bits per heavy atom. The van der Waals surface area contributed by atoms with Gasteiger partial charge >= 0.3 is 6.18 Å². The number of hydrogen-bond donors (Lipinski definition) is 1. The van der Waals surface area contributed by atoms with Crippen molar-refractivity contribution in [3.8, 4) is 0 Å². The van der Waals surface area contributed by atoms with Crippen molar-refractivity contribution in [2.75, 3.05) is 18.4 Å². The number of halogens is 3. The number of carbonyl (C=O) groups is 1. The van der Waals surface area contributed by atoms with Gasteiger partial charge in [-0.15, -0.1) is 0 Å². The zero-order chi connectivity index (χ0) is 24.9. The summed E-state index contributed by atoms with van der Waals surface area (Å²) < 4.78 is 67.0. The van der Waals surface area contributed by atoms with Crippen LogP contribution in [0.15, 0.2) is 77.7 Å². The van der Waals surface area contributed by atoms with E-state index >= 15 is 0 Å².